The molecule has 36 heavy (non-hydrogen) atoms. The van der Waals surface area contributed by atoms with Crippen LogP contribution in [0.2, 0.25) is 0 Å². The number of rotatable bonds is 8. The molecule has 2 aromatic heterocycles. The van der Waals surface area contributed by atoms with Crippen molar-refractivity contribution in [2.75, 3.05) is 18.4 Å². The van der Waals surface area contributed by atoms with Crippen molar-refractivity contribution in [2.24, 2.45) is 5.92 Å². The van der Waals surface area contributed by atoms with Crippen LogP contribution in [0.25, 0.3) is 10.9 Å². The molecule has 2 aromatic carbocycles. The second-order valence-electron chi connectivity index (χ2n) is 9.80. The molecule has 1 aliphatic carbocycles. The molecule has 0 saturated carbocycles. The van der Waals surface area contributed by atoms with Gasteiger partial charge in [-0.3, -0.25) is 10.00 Å². The Kier molecular flexibility index (Phi) is 7.04. The van der Waals surface area contributed by atoms with Gasteiger partial charge < -0.3 is 15.0 Å². The van der Waals surface area contributed by atoms with E-state index in [1.54, 1.807) is 6.07 Å². The molecule has 1 unspecified atom stereocenters. The summed E-state index contributed by atoms with van der Waals surface area (Å²) in [5.41, 5.74) is 5.58. The first kappa shape index (κ1) is 24.1. The highest BCUT2D eigenvalue weighted by Gasteiger charge is 2.22. The van der Waals surface area contributed by atoms with E-state index in [2.05, 4.69) is 40.8 Å². The molecular formula is C28H32FN5O2. The zero-order valence-corrected chi connectivity index (χ0v) is 20.7. The number of aromatic amines is 1. The Morgan fingerprint density at radius 3 is 2.97 bits per heavy atom. The number of nitrogens with one attached hydrogen (secondary N) is 3. The van der Waals surface area contributed by atoms with Crippen molar-refractivity contribution in [1.29, 1.82) is 0 Å². The van der Waals surface area contributed by atoms with E-state index in [4.69, 9.17) is 4.74 Å². The van der Waals surface area contributed by atoms with Gasteiger partial charge in [0.2, 0.25) is 0 Å². The zero-order chi connectivity index (χ0) is 25.1. The molecule has 4 aromatic rings. The lowest BCUT2D eigenvalue weighted by atomic mass is 9.86. The number of carbonyl (C=O) groups excluding carboxylic acids is 1. The van der Waals surface area contributed by atoms with Crippen molar-refractivity contribution < 1.29 is 13.9 Å². The van der Waals surface area contributed by atoms with E-state index in [-0.39, 0.29) is 5.75 Å². The predicted molar refractivity (Wildman–Crippen MR) is 139 cm³/mol. The van der Waals surface area contributed by atoms with E-state index in [0.717, 1.165) is 49.7 Å². The minimum Gasteiger partial charge on any atom is -0.410 e. The fourth-order valence-corrected chi connectivity index (χ4v) is 4.85. The van der Waals surface area contributed by atoms with Crippen LogP contribution >= 0.6 is 0 Å². The number of aromatic nitrogens is 3. The number of ether oxygens (including phenoxy) is 1. The number of fused-ring (bicyclic) bond motifs is 3. The first-order chi connectivity index (χ1) is 17.4. The van der Waals surface area contributed by atoms with Gasteiger partial charge in [-0.25, -0.2) is 9.18 Å². The molecule has 0 saturated heterocycles. The number of benzene rings is 2. The first-order valence-electron chi connectivity index (χ1n) is 12.6. The summed E-state index contributed by atoms with van der Waals surface area (Å²) in [7, 11) is 0. The number of carbonyl (C=O) groups is 1. The third-order valence-electron chi connectivity index (χ3n) is 6.75. The lowest BCUT2D eigenvalue weighted by molar-refractivity contribution is 0.215. The summed E-state index contributed by atoms with van der Waals surface area (Å²) in [5, 5.41) is 11.9. The summed E-state index contributed by atoms with van der Waals surface area (Å²) >= 11 is 0. The number of anilines is 1. The number of hydrogen-bond acceptors (Lipinski definition) is 4. The minimum atomic E-state index is -0.648. The van der Waals surface area contributed by atoms with Gasteiger partial charge in [-0.05, 0) is 100.0 Å². The number of H-pyrrole nitrogens is 1. The highest BCUT2D eigenvalue weighted by molar-refractivity contribution is 5.93. The standard InChI is InChI=1S/C28H32FN5O2/c1-18(2)34-17-20(16-31-34)10-11-30-15-19-6-8-26-24(12-19)25-14-22(7-9-27(25)33-26)32-28(35)36-23-5-3-4-21(29)13-23/h3-5,7,9,13-14,16-19,30,33H,6,8,10-12,15H2,1-2H3,(H,32,35). The lowest BCUT2D eigenvalue weighted by Gasteiger charge is -2.23. The number of hydrogen-bond donors (Lipinski definition) is 3. The number of amides is 1. The van der Waals surface area contributed by atoms with Crippen molar-refractivity contribution >= 4 is 22.7 Å². The second-order valence-corrected chi connectivity index (χ2v) is 9.80. The molecule has 5 rings (SSSR count). The van der Waals surface area contributed by atoms with Gasteiger partial charge in [-0.2, -0.15) is 5.10 Å². The lowest BCUT2D eigenvalue weighted by Crippen LogP contribution is -2.28. The maximum atomic E-state index is 13.4. The van der Waals surface area contributed by atoms with Crippen LogP contribution < -0.4 is 15.4 Å². The summed E-state index contributed by atoms with van der Waals surface area (Å²) < 4.78 is 20.6. The fourth-order valence-electron chi connectivity index (χ4n) is 4.85. The summed E-state index contributed by atoms with van der Waals surface area (Å²) in [4.78, 5) is 15.9. The molecule has 1 atom stereocenters. The predicted octanol–water partition coefficient (Wildman–Crippen LogP) is 5.63. The van der Waals surface area contributed by atoms with E-state index in [1.165, 1.54) is 35.0 Å². The normalized spacial score (nSPS) is 15.3. The molecule has 1 amide bonds. The molecule has 0 aliphatic heterocycles. The topological polar surface area (TPSA) is 84.0 Å². The van der Waals surface area contributed by atoms with Gasteiger partial charge >= 0.3 is 6.09 Å². The largest absolute Gasteiger partial charge is 0.417 e. The molecule has 188 valence electrons. The molecule has 0 spiro atoms. The minimum absolute atomic E-state index is 0.164. The van der Waals surface area contributed by atoms with Gasteiger partial charge in [0, 0.05) is 40.6 Å². The smallest absolute Gasteiger partial charge is 0.410 e. The highest BCUT2D eigenvalue weighted by Crippen LogP contribution is 2.33. The van der Waals surface area contributed by atoms with Crippen molar-refractivity contribution in [1.82, 2.24) is 20.1 Å². The maximum absolute atomic E-state index is 13.4. The molecule has 0 fully saturated rings. The number of halogens is 1. The van der Waals surface area contributed by atoms with E-state index in [1.807, 2.05) is 29.1 Å². The summed E-state index contributed by atoms with van der Waals surface area (Å²) in [6.07, 6.45) is 7.56. The van der Waals surface area contributed by atoms with Crippen molar-refractivity contribution in [3.8, 4) is 5.75 Å². The monoisotopic (exact) mass is 489 g/mol. The molecule has 1 aliphatic rings. The Balaban J connectivity index is 1.18. The third kappa shape index (κ3) is 5.60. The molecule has 0 bridgehead atoms. The van der Waals surface area contributed by atoms with Crippen molar-refractivity contribution in [3.05, 3.63) is 77.5 Å². The Morgan fingerprint density at radius 1 is 1.28 bits per heavy atom. The van der Waals surface area contributed by atoms with Crippen LogP contribution in [0.1, 0.15) is 43.1 Å². The van der Waals surface area contributed by atoms with Crippen molar-refractivity contribution in [2.45, 2.75) is 45.6 Å². The fraction of sp³-hybridized carbons (Fsp3) is 0.357. The summed E-state index contributed by atoms with van der Waals surface area (Å²) in [6.45, 7) is 6.17. The van der Waals surface area contributed by atoms with E-state index < -0.39 is 11.9 Å². The molecule has 8 heteroatoms. The van der Waals surface area contributed by atoms with E-state index >= 15 is 0 Å². The number of nitrogens with zero attached hydrogens (tertiary/aromatic N) is 2. The van der Waals surface area contributed by atoms with Gasteiger partial charge in [-0.1, -0.05) is 6.07 Å². The summed E-state index contributed by atoms with van der Waals surface area (Å²) in [5.74, 6) is 0.271. The quantitative estimate of drug-likeness (QED) is 0.280. The average Bonchev–Trinajstić information content (AvgIpc) is 3.46. The van der Waals surface area contributed by atoms with Crippen LogP contribution in [0.5, 0.6) is 5.75 Å². The molecule has 2 heterocycles. The van der Waals surface area contributed by atoms with Gasteiger partial charge in [0.05, 0.1) is 6.20 Å². The molecule has 0 radical (unpaired) electrons. The Hall–Kier alpha value is -3.65. The van der Waals surface area contributed by atoms with E-state index in [0.29, 0.717) is 17.6 Å². The van der Waals surface area contributed by atoms with Crippen LogP contribution in [-0.4, -0.2) is 33.9 Å². The maximum Gasteiger partial charge on any atom is 0.417 e. The van der Waals surface area contributed by atoms with Crippen LogP contribution in [0.15, 0.2) is 54.9 Å². The zero-order valence-electron chi connectivity index (χ0n) is 20.7. The average molecular weight is 490 g/mol. The van der Waals surface area contributed by atoms with Gasteiger partial charge in [0.25, 0.3) is 0 Å². The van der Waals surface area contributed by atoms with Gasteiger partial charge in [-0.15, -0.1) is 0 Å². The molecule has 7 nitrogen and oxygen atoms in total. The van der Waals surface area contributed by atoms with Gasteiger partial charge in [0.15, 0.2) is 0 Å². The third-order valence-corrected chi connectivity index (χ3v) is 6.75. The Bertz CT molecular complexity index is 1360. The van der Waals surface area contributed by atoms with Crippen LogP contribution in [0, 0.1) is 11.7 Å². The van der Waals surface area contributed by atoms with Crippen LogP contribution in [0.4, 0.5) is 14.9 Å². The van der Waals surface area contributed by atoms with Gasteiger partial charge in [0.1, 0.15) is 11.6 Å². The first-order valence-corrected chi connectivity index (χ1v) is 12.6. The Morgan fingerprint density at radius 2 is 2.17 bits per heavy atom. The summed E-state index contributed by atoms with van der Waals surface area (Å²) in [6, 6.07) is 11.7. The highest BCUT2D eigenvalue weighted by atomic mass is 19.1. The molecular weight excluding hydrogens is 457 g/mol. The molecule has 3 N–H and O–H groups in total. The number of aryl methyl sites for hydroxylation is 1. The van der Waals surface area contributed by atoms with Crippen LogP contribution in [0.3, 0.4) is 0 Å². The Labute approximate surface area is 210 Å². The second kappa shape index (κ2) is 10.5. The SMILES string of the molecule is CC(C)n1cc(CCNCC2CCc3[nH]c4ccc(NC(=O)Oc5cccc(F)c5)cc4c3C2)cn1. The van der Waals surface area contributed by atoms with E-state index in [9.17, 15) is 9.18 Å². The van der Waals surface area contributed by atoms with Crippen molar-refractivity contribution in [3.63, 3.8) is 0 Å². The van der Waals surface area contributed by atoms with Crippen LogP contribution in [-0.2, 0) is 19.3 Å².